The van der Waals surface area contributed by atoms with E-state index in [1.54, 1.807) is 6.07 Å². The van der Waals surface area contributed by atoms with Crippen LogP contribution in [0.3, 0.4) is 0 Å². The molecular formula is C23H18F3N3S. The molecule has 4 rings (SSSR count). The highest BCUT2D eigenvalue weighted by Gasteiger charge is 2.33. The number of hydrogen-bond donors (Lipinski definition) is 0. The zero-order valence-electron chi connectivity index (χ0n) is 15.9. The van der Waals surface area contributed by atoms with Crippen molar-refractivity contribution < 1.29 is 13.2 Å². The number of nitrogens with zero attached hydrogens (tertiary/aromatic N) is 3. The molecule has 0 aliphatic heterocycles. The molecule has 0 radical (unpaired) electrons. The monoisotopic (exact) mass is 425 g/mol. The van der Waals surface area contributed by atoms with E-state index in [2.05, 4.69) is 10.2 Å². The van der Waals surface area contributed by atoms with Gasteiger partial charge in [0.15, 0.2) is 5.16 Å². The van der Waals surface area contributed by atoms with Gasteiger partial charge >= 0.3 is 6.18 Å². The highest BCUT2D eigenvalue weighted by atomic mass is 32.2. The molecular weight excluding hydrogens is 407 g/mol. The summed E-state index contributed by atoms with van der Waals surface area (Å²) < 4.78 is 41.9. The second kappa shape index (κ2) is 8.75. The molecule has 0 amide bonds. The number of thioether (sulfide) groups is 1. The molecule has 0 aliphatic rings. The van der Waals surface area contributed by atoms with E-state index in [1.807, 2.05) is 65.2 Å². The summed E-state index contributed by atoms with van der Waals surface area (Å²) in [4.78, 5) is 0. The van der Waals surface area contributed by atoms with Crippen molar-refractivity contribution in [2.45, 2.75) is 23.5 Å². The Kier molecular flexibility index (Phi) is 5.90. The van der Waals surface area contributed by atoms with Crippen molar-refractivity contribution >= 4 is 11.8 Å². The van der Waals surface area contributed by atoms with Gasteiger partial charge < -0.3 is 0 Å². The first-order valence-electron chi connectivity index (χ1n) is 9.34. The van der Waals surface area contributed by atoms with Gasteiger partial charge in [0.25, 0.3) is 0 Å². The highest BCUT2D eigenvalue weighted by molar-refractivity contribution is 7.98. The zero-order chi connectivity index (χ0) is 21.0. The quantitative estimate of drug-likeness (QED) is 0.346. The van der Waals surface area contributed by atoms with Crippen molar-refractivity contribution in [1.82, 2.24) is 14.8 Å². The summed E-state index contributed by atoms with van der Waals surface area (Å²) in [6, 6.07) is 25.1. The summed E-state index contributed by atoms with van der Waals surface area (Å²) in [5.74, 6) is 0.880. The van der Waals surface area contributed by atoms with Crippen molar-refractivity contribution in [1.29, 1.82) is 0 Å². The Bertz CT molecular complexity index is 1110. The number of aromatic nitrogens is 3. The van der Waals surface area contributed by atoms with Crippen LogP contribution in [0.2, 0.25) is 0 Å². The SMILES string of the molecule is FC(F)(F)c1ccccc1CSc1nnc(Cc2ccccc2)n1-c1ccccc1. The lowest BCUT2D eigenvalue weighted by Gasteiger charge is -2.13. The van der Waals surface area contributed by atoms with Gasteiger partial charge in [-0.3, -0.25) is 4.57 Å². The number of rotatable bonds is 6. The smallest absolute Gasteiger partial charge is 0.274 e. The third-order valence-electron chi connectivity index (χ3n) is 4.60. The van der Waals surface area contributed by atoms with E-state index in [9.17, 15) is 13.2 Å². The third-order valence-corrected chi connectivity index (χ3v) is 5.58. The third kappa shape index (κ3) is 4.57. The Morgan fingerprint density at radius 3 is 2.10 bits per heavy atom. The molecule has 3 nitrogen and oxygen atoms in total. The van der Waals surface area contributed by atoms with Gasteiger partial charge in [-0.1, -0.05) is 78.5 Å². The Balaban J connectivity index is 1.66. The molecule has 0 atom stereocenters. The second-order valence-corrected chi connectivity index (χ2v) is 7.62. The van der Waals surface area contributed by atoms with Gasteiger partial charge in [0.2, 0.25) is 0 Å². The Morgan fingerprint density at radius 1 is 0.767 bits per heavy atom. The van der Waals surface area contributed by atoms with Gasteiger partial charge in [-0.05, 0) is 29.3 Å². The van der Waals surface area contributed by atoms with Gasteiger partial charge in [-0.15, -0.1) is 10.2 Å². The molecule has 0 saturated carbocycles. The molecule has 0 fully saturated rings. The van der Waals surface area contributed by atoms with E-state index >= 15 is 0 Å². The molecule has 0 N–H and O–H groups in total. The molecule has 1 heterocycles. The maximum atomic E-state index is 13.3. The topological polar surface area (TPSA) is 30.7 Å². The van der Waals surface area contributed by atoms with Crippen LogP contribution in [0, 0.1) is 0 Å². The number of benzene rings is 3. The van der Waals surface area contributed by atoms with Crippen molar-refractivity contribution in [2.24, 2.45) is 0 Å². The normalized spacial score (nSPS) is 11.6. The predicted octanol–water partition coefficient (Wildman–Crippen LogP) is 6.17. The van der Waals surface area contributed by atoms with Crippen molar-refractivity contribution in [3.8, 4) is 5.69 Å². The second-order valence-electron chi connectivity index (χ2n) is 6.68. The molecule has 3 aromatic carbocycles. The largest absolute Gasteiger partial charge is 0.416 e. The van der Waals surface area contributed by atoms with Crippen LogP contribution in [0.25, 0.3) is 5.69 Å². The number of alkyl halides is 3. The van der Waals surface area contributed by atoms with E-state index in [-0.39, 0.29) is 11.3 Å². The molecule has 4 aromatic rings. The van der Waals surface area contributed by atoms with Crippen LogP contribution in [0.1, 0.15) is 22.5 Å². The number of halogens is 3. The van der Waals surface area contributed by atoms with Crippen molar-refractivity contribution in [2.75, 3.05) is 0 Å². The summed E-state index contributed by atoms with van der Waals surface area (Å²) in [6.45, 7) is 0. The van der Waals surface area contributed by atoms with Gasteiger partial charge in [0.05, 0.1) is 5.56 Å². The minimum absolute atomic E-state index is 0.145. The van der Waals surface area contributed by atoms with Crippen molar-refractivity contribution in [3.63, 3.8) is 0 Å². The summed E-state index contributed by atoms with van der Waals surface area (Å²) in [7, 11) is 0. The van der Waals surface area contributed by atoms with E-state index < -0.39 is 11.7 Å². The van der Waals surface area contributed by atoms with Crippen LogP contribution in [-0.2, 0) is 18.3 Å². The Hall–Kier alpha value is -3.06. The lowest BCUT2D eigenvalue weighted by molar-refractivity contribution is -0.138. The average molecular weight is 425 g/mol. The molecule has 30 heavy (non-hydrogen) atoms. The zero-order valence-corrected chi connectivity index (χ0v) is 16.7. The molecule has 0 saturated heterocycles. The maximum Gasteiger partial charge on any atom is 0.416 e. The lowest BCUT2D eigenvalue weighted by Crippen LogP contribution is -2.08. The summed E-state index contributed by atoms with van der Waals surface area (Å²) in [6.07, 6.45) is -3.81. The van der Waals surface area contributed by atoms with Crippen molar-refractivity contribution in [3.05, 3.63) is 107 Å². The molecule has 0 aliphatic carbocycles. The molecule has 7 heteroatoms. The fourth-order valence-corrected chi connectivity index (χ4v) is 4.16. The minimum Gasteiger partial charge on any atom is -0.274 e. The van der Waals surface area contributed by atoms with Crippen LogP contribution >= 0.6 is 11.8 Å². The fraction of sp³-hybridized carbons (Fsp3) is 0.130. The molecule has 152 valence electrons. The Morgan fingerprint density at radius 2 is 1.40 bits per heavy atom. The van der Waals surface area contributed by atoms with Crippen LogP contribution in [0.15, 0.2) is 90.1 Å². The van der Waals surface area contributed by atoms with Crippen LogP contribution in [0.4, 0.5) is 13.2 Å². The fourth-order valence-electron chi connectivity index (χ4n) is 3.19. The van der Waals surface area contributed by atoms with Gasteiger partial charge in [-0.25, -0.2) is 0 Å². The number of para-hydroxylation sites is 1. The average Bonchev–Trinajstić information content (AvgIpc) is 3.15. The first kappa shape index (κ1) is 20.2. The van der Waals surface area contributed by atoms with Gasteiger partial charge in [0, 0.05) is 17.9 Å². The summed E-state index contributed by atoms with van der Waals surface area (Å²) in [5, 5.41) is 9.19. The molecule has 0 spiro atoms. The van der Waals surface area contributed by atoms with Crippen LogP contribution in [-0.4, -0.2) is 14.8 Å². The highest BCUT2D eigenvalue weighted by Crippen LogP contribution is 2.35. The van der Waals surface area contributed by atoms with E-state index in [0.717, 1.165) is 23.1 Å². The van der Waals surface area contributed by atoms with E-state index in [0.29, 0.717) is 11.6 Å². The minimum atomic E-state index is -4.39. The first-order chi connectivity index (χ1) is 14.5. The first-order valence-corrected chi connectivity index (χ1v) is 10.3. The summed E-state index contributed by atoms with van der Waals surface area (Å²) >= 11 is 1.25. The maximum absolute atomic E-state index is 13.3. The Labute approximate surface area is 176 Å². The molecule has 0 unspecified atom stereocenters. The van der Waals surface area contributed by atoms with Gasteiger partial charge in [-0.2, -0.15) is 13.2 Å². The van der Waals surface area contributed by atoms with Gasteiger partial charge in [0.1, 0.15) is 5.82 Å². The van der Waals surface area contributed by atoms with E-state index in [4.69, 9.17) is 0 Å². The molecule has 1 aromatic heterocycles. The summed E-state index contributed by atoms with van der Waals surface area (Å²) in [5.41, 5.74) is 1.57. The predicted molar refractivity (Wildman–Crippen MR) is 112 cm³/mol. The van der Waals surface area contributed by atoms with Crippen LogP contribution in [0.5, 0.6) is 0 Å². The molecule has 0 bridgehead atoms. The van der Waals surface area contributed by atoms with E-state index in [1.165, 1.54) is 23.9 Å². The standard InChI is InChI=1S/C23H18F3N3S/c24-23(25,26)20-14-8-7-11-18(20)16-30-22-28-27-21(15-17-9-3-1-4-10-17)29(22)19-12-5-2-6-13-19/h1-14H,15-16H2. The lowest BCUT2D eigenvalue weighted by atomic mass is 10.1. The van der Waals surface area contributed by atoms with Crippen LogP contribution < -0.4 is 0 Å². The number of hydrogen-bond acceptors (Lipinski definition) is 3.